The summed E-state index contributed by atoms with van der Waals surface area (Å²) in [4.78, 5) is 10.6. The zero-order valence-corrected chi connectivity index (χ0v) is 10.8. The number of hydrogen-bond donors (Lipinski definition) is 0. The van der Waals surface area contributed by atoms with Crippen LogP contribution in [0.25, 0.3) is 0 Å². The number of rotatable bonds is 3. The Morgan fingerprint density at radius 3 is 2.18 bits per heavy atom. The largest absolute Gasteiger partial charge is 0.544 e. The fraction of sp³-hybridized carbons (Fsp3) is 0.364. The van der Waals surface area contributed by atoms with Gasteiger partial charge in [0.2, 0.25) is 8.32 Å². The Morgan fingerprint density at radius 1 is 1.18 bits per heavy atom. The van der Waals surface area contributed by atoms with E-state index in [9.17, 15) is 18.0 Å². The molecule has 0 N–H and O–H groups in total. The van der Waals surface area contributed by atoms with Crippen molar-refractivity contribution in [3.05, 3.63) is 29.3 Å². The molecule has 0 radical (unpaired) electrons. The Kier molecular flexibility index (Phi) is 3.66. The van der Waals surface area contributed by atoms with Crippen LogP contribution in [0.1, 0.15) is 15.9 Å². The van der Waals surface area contributed by atoms with E-state index in [4.69, 9.17) is 4.43 Å². The molecule has 0 saturated heterocycles. The molecule has 0 unspecified atom stereocenters. The topological polar surface area (TPSA) is 26.3 Å². The minimum Gasteiger partial charge on any atom is -0.544 e. The molecule has 0 spiro atoms. The van der Waals surface area contributed by atoms with Crippen LogP contribution in [0, 0.1) is 0 Å². The van der Waals surface area contributed by atoms with Gasteiger partial charge in [0.15, 0.2) is 0 Å². The molecule has 0 amide bonds. The average molecular weight is 262 g/mol. The molecule has 0 bridgehead atoms. The first kappa shape index (κ1) is 13.8. The lowest BCUT2D eigenvalue weighted by Crippen LogP contribution is -2.29. The molecule has 0 aliphatic carbocycles. The van der Waals surface area contributed by atoms with Crippen molar-refractivity contribution in [2.75, 3.05) is 0 Å². The maximum Gasteiger partial charge on any atom is 0.416 e. The summed E-state index contributed by atoms with van der Waals surface area (Å²) in [6.07, 6.45) is -4.09. The maximum atomic E-state index is 12.6. The summed E-state index contributed by atoms with van der Waals surface area (Å²) in [6.45, 7) is 5.57. The van der Waals surface area contributed by atoms with E-state index in [0.29, 0.717) is 6.29 Å². The number of aldehydes is 1. The second-order valence-corrected chi connectivity index (χ2v) is 9.05. The molecule has 0 fully saturated rings. The molecule has 1 rings (SSSR count). The molecular formula is C11H13F3O2Si. The Labute approximate surface area is 98.5 Å². The third-order valence-electron chi connectivity index (χ3n) is 1.82. The van der Waals surface area contributed by atoms with E-state index < -0.39 is 20.1 Å². The quantitative estimate of drug-likeness (QED) is 0.613. The minimum absolute atomic E-state index is 0.0342. The maximum absolute atomic E-state index is 12.6. The summed E-state index contributed by atoms with van der Waals surface area (Å²) in [5.41, 5.74) is -0.900. The second kappa shape index (κ2) is 4.52. The van der Waals surface area contributed by atoms with Gasteiger partial charge in [-0.25, -0.2) is 0 Å². The van der Waals surface area contributed by atoms with Crippen LogP contribution in [0.5, 0.6) is 5.75 Å². The van der Waals surface area contributed by atoms with E-state index in [1.54, 1.807) is 0 Å². The molecule has 0 aliphatic heterocycles. The molecule has 1 aromatic rings. The molecular weight excluding hydrogens is 249 g/mol. The third kappa shape index (κ3) is 4.22. The van der Waals surface area contributed by atoms with Crippen molar-refractivity contribution in [2.45, 2.75) is 25.8 Å². The zero-order valence-electron chi connectivity index (χ0n) is 9.76. The fourth-order valence-electron chi connectivity index (χ4n) is 1.27. The summed E-state index contributed by atoms with van der Waals surface area (Å²) in [5.74, 6) is 0.0982. The minimum atomic E-state index is -4.48. The summed E-state index contributed by atoms with van der Waals surface area (Å²) >= 11 is 0. The molecule has 94 valence electrons. The summed E-state index contributed by atoms with van der Waals surface area (Å²) in [5, 5.41) is 0. The predicted molar refractivity (Wildman–Crippen MR) is 60.8 cm³/mol. The standard InChI is InChI=1S/C11H13F3O2Si/c1-17(2,3)16-10-5-8(7-15)4-9(6-10)11(12,13)14/h4-7H,1-3H3. The van der Waals surface area contributed by atoms with E-state index >= 15 is 0 Å². The highest BCUT2D eigenvalue weighted by molar-refractivity contribution is 6.70. The van der Waals surface area contributed by atoms with Gasteiger partial charge in [-0.2, -0.15) is 13.2 Å². The van der Waals surface area contributed by atoms with Gasteiger partial charge in [-0.05, 0) is 37.8 Å². The van der Waals surface area contributed by atoms with Gasteiger partial charge >= 0.3 is 6.18 Å². The van der Waals surface area contributed by atoms with Gasteiger partial charge in [0.05, 0.1) is 5.56 Å². The van der Waals surface area contributed by atoms with Crippen molar-refractivity contribution < 1.29 is 22.4 Å². The lowest BCUT2D eigenvalue weighted by atomic mass is 10.1. The highest BCUT2D eigenvalue weighted by atomic mass is 28.4. The van der Waals surface area contributed by atoms with Crippen molar-refractivity contribution in [3.63, 3.8) is 0 Å². The summed E-state index contributed by atoms with van der Waals surface area (Å²) < 4.78 is 43.1. The molecule has 0 aromatic heterocycles. The molecule has 17 heavy (non-hydrogen) atoms. The van der Waals surface area contributed by atoms with Crippen molar-refractivity contribution in [2.24, 2.45) is 0 Å². The normalized spacial score (nSPS) is 12.4. The van der Waals surface area contributed by atoms with Gasteiger partial charge in [0, 0.05) is 5.56 Å². The lowest BCUT2D eigenvalue weighted by molar-refractivity contribution is -0.137. The van der Waals surface area contributed by atoms with Crippen LogP contribution in [0.4, 0.5) is 13.2 Å². The molecule has 0 aliphatic rings. The van der Waals surface area contributed by atoms with Crippen LogP contribution in [0.2, 0.25) is 19.6 Å². The molecule has 0 atom stereocenters. The summed E-state index contributed by atoms with van der Waals surface area (Å²) in [6, 6.07) is 3.05. The Bertz CT molecular complexity index is 422. The molecule has 0 heterocycles. The van der Waals surface area contributed by atoms with Crippen molar-refractivity contribution in [1.29, 1.82) is 0 Å². The number of alkyl halides is 3. The first-order chi connectivity index (χ1) is 7.62. The van der Waals surface area contributed by atoms with Gasteiger partial charge < -0.3 is 4.43 Å². The van der Waals surface area contributed by atoms with E-state index in [1.807, 2.05) is 19.6 Å². The monoisotopic (exact) mass is 262 g/mol. The van der Waals surface area contributed by atoms with Crippen LogP contribution in [0.15, 0.2) is 18.2 Å². The molecule has 1 aromatic carbocycles. The molecule has 2 nitrogen and oxygen atoms in total. The van der Waals surface area contributed by atoms with Crippen LogP contribution < -0.4 is 4.43 Å². The van der Waals surface area contributed by atoms with Crippen LogP contribution >= 0.6 is 0 Å². The van der Waals surface area contributed by atoms with Crippen LogP contribution in [0.3, 0.4) is 0 Å². The van der Waals surface area contributed by atoms with Crippen molar-refractivity contribution >= 4 is 14.6 Å². The van der Waals surface area contributed by atoms with E-state index in [0.717, 1.165) is 12.1 Å². The van der Waals surface area contributed by atoms with Gasteiger partial charge in [-0.1, -0.05) is 0 Å². The first-order valence-corrected chi connectivity index (χ1v) is 8.39. The number of hydrogen-bond acceptors (Lipinski definition) is 2. The smallest absolute Gasteiger partial charge is 0.416 e. The van der Waals surface area contributed by atoms with Gasteiger partial charge in [0.1, 0.15) is 12.0 Å². The molecule has 6 heteroatoms. The summed E-state index contributed by atoms with van der Waals surface area (Å²) in [7, 11) is -2.00. The third-order valence-corrected chi connectivity index (χ3v) is 2.66. The average Bonchev–Trinajstić information content (AvgIpc) is 2.13. The number of benzene rings is 1. The SMILES string of the molecule is C[Si](C)(C)Oc1cc(C=O)cc(C(F)(F)F)c1. The number of carbonyl (C=O) groups is 1. The number of halogens is 3. The Morgan fingerprint density at radius 2 is 1.76 bits per heavy atom. The van der Waals surface area contributed by atoms with Gasteiger partial charge in [0.25, 0.3) is 0 Å². The van der Waals surface area contributed by atoms with E-state index in [2.05, 4.69) is 0 Å². The fourth-order valence-corrected chi connectivity index (χ4v) is 2.09. The highest BCUT2D eigenvalue weighted by Gasteiger charge is 2.31. The Balaban J connectivity index is 3.19. The van der Waals surface area contributed by atoms with Gasteiger partial charge in [-0.15, -0.1) is 0 Å². The highest BCUT2D eigenvalue weighted by Crippen LogP contribution is 2.33. The van der Waals surface area contributed by atoms with E-state index in [-0.39, 0.29) is 11.3 Å². The zero-order chi connectivity index (χ0) is 13.3. The number of carbonyl (C=O) groups excluding carboxylic acids is 1. The Hall–Kier alpha value is -1.30. The predicted octanol–water partition coefficient (Wildman–Crippen LogP) is 3.73. The second-order valence-electron chi connectivity index (χ2n) is 4.62. The van der Waals surface area contributed by atoms with Gasteiger partial charge in [-0.3, -0.25) is 4.79 Å². The van der Waals surface area contributed by atoms with Crippen LogP contribution in [-0.4, -0.2) is 14.6 Å². The van der Waals surface area contributed by atoms with Crippen molar-refractivity contribution in [1.82, 2.24) is 0 Å². The van der Waals surface area contributed by atoms with Crippen LogP contribution in [-0.2, 0) is 6.18 Å². The first-order valence-electron chi connectivity index (χ1n) is 4.98. The van der Waals surface area contributed by atoms with Crippen molar-refractivity contribution in [3.8, 4) is 5.75 Å². The molecule has 0 saturated carbocycles. The van der Waals surface area contributed by atoms with E-state index in [1.165, 1.54) is 6.07 Å². The lowest BCUT2D eigenvalue weighted by Gasteiger charge is -2.20.